The summed E-state index contributed by atoms with van der Waals surface area (Å²) >= 11 is 0. The lowest BCUT2D eigenvalue weighted by Gasteiger charge is -2.27. The molecule has 1 saturated heterocycles. The first-order valence-corrected chi connectivity index (χ1v) is 7.83. The van der Waals surface area contributed by atoms with Crippen molar-refractivity contribution < 1.29 is 4.39 Å². The van der Waals surface area contributed by atoms with Gasteiger partial charge < -0.3 is 10.6 Å². The molecule has 0 amide bonds. The number of nitrogens with two attached hydrogens (primary N) is 1. The van der Waals surface area contributed by atoms with Gasteiger partial charge in [0.15, 0.2) is 0 Å². The normalized spacial score (nSPS) is 21.6. The minimum atomic E-state index is -0.151. The first-order chi connectivity index (χ1) is 9.52. The van der Waals surface area contributed by atoms with Crippen LogP contribution in [0.15, 0.2) is 12.1 Å². The minimum absolute atomic E-state index is 0.134. The average molecular weight is 278 g/mol. The van der Waals surface area contributed by atoms with E-state index in [4.69, 9.17) is 5.73 Å². The fourth-order valence-electron chi connectivity index (χ4n) is 3.13. The van der Waals surface area contributed by atoms with Crippen LogP contribution in [0.2, 0.25) is 0 Å². The number of hydrogen-bond acceptors (Lipinski definition) is 2. The predicted molar refractivity (Wildman–Crippen MR) is 83.6 cm³/mol. The first-order valence-electron chi connectivity index (χ1n) is 7.83. The Kier molecular flexibility index (Phi) is 5.03. The summed E-state index contributed by atoms with van der Waals surface area (Å²) in [5, 5.41) is 0. The van der Waals surface area contributed by atoms with Crippen LogP contribution in [0.4, 0.5) is 10.1 Å². The predicted octanol–water partition coefficient (Wildman–Crippen LogP) is 4.17. The van der Waals surface area contributed by atoms with Gasteiger partial charge in [0.05, 0.1) is 0 Å². The van der Waals surface area contributed by atoms with Gasteiger partial charge in [0.2, 0.25) is 0 Å². The van der Waals surface area contributed by atoms with Gasteiger partial charge in [-0.05, 0) is 62.3 Å². The number of nitrogens with zero attached hydrogens (tertiary/aromatic N) is 1. The van der Waals surface area contributed by atoms with Crippen molar-refractivity contribution in [2.75, 3.05) is 18.0 Å². The summed E-state index contributed by atoms with van der Waals surface area (Å²) < 4.78 is 13.8. The van der Waals surface area contributed by atoms with Crippen LogP contribution >= 0.6 is 0 Å². The van der Waals surface area contributed by atoms with Crippen molar-refractivity contribution in [1.29, 1.82) is 0 Å². The zero-order chi connectivity index (χ0) is 14.7. The Balaban J connectivity index is 2.29. The van der Waals surface area contributed by atoms with Gasteiger partial charge in [-0.15, -0.1) is 0 Å². The summed E-state index contributed by atoms with van der Waals surface area (Å²) in [6.45, 7) is 8.15. The van der Waals surface area contributed by atoms with Crippen molar-refractivity contribution in [3.8, 4) is 0 Å². The highest BCUT2D eigenvalue weighted by Crippen LogP contribution is 2.31. The van der Waals surface area contributed by atoms with E-state index in [-0.39, 0.29) is 11.9 Å². The third kappa shape index (κ3) is 3.32. The molecule has 1 aliphatic rings. The standard InChI is InChI=1S/C17H27FN2/c1-4-14-6-5-8-20(9-7-14)17-10-12(2)16(18)11-15(17)13(3)19/h10-11,13-14H,4-9,19H2,1-3H3/t13-,14?/m0/s1. The van der Waals surface area contributed by atoms with Crippen LogP contribution in [0.3, 0.4) is 0 Å². The molecule has 3 heteroatoms. The molecular formula is C17H27FN2. The fourth-order valence-corrected chi connectivity index (χ4v) is 3.13. The van der Waals surface area contributed by atoms with Crippen LogP contribution < -0.4 is 10.6 Å². The highest BCUT2D eigenvalue weighted by molar-refractivity contribution is 5.57. The van der Waals surface area contributed by atoms with Gasteiger partial charge in [0.25, 0.3) is 0 Å². The molecule has 1 aromatic carbocycles. The smallest absolute Gasteiger partial charge is 0.126 e. The van der Waals surface area contributed by atoms with Crippen LogP contribution in [0, 0.1) is 18.7 Å². The maximum atomic E-state index is 13.8. The quantitative estimate of drug-likeness (QED) is 0.899. The average Bonchev–Trinajstić information content (AvgIpc) is 2.66. The van der Waals surface area contributed by atoms with E-state index in [0.29, 0.717) is 5.56 Å². The molecule has 1 unspecified atom stereocenters. The maximum absolute atomic E-state index is 13.8. The molecule has 20 heavy (non-hydrogen) atoms. The number of anilines is 1. The van der Waals surface area contributed by atoms with Crippen LogP contribution in [-0.4, -0.2) is 13.1 Å². The zero-order valence-corrected chi connectivity index (χ0v) is 13.0. The number of hydrogen-bond donors (Lipinski definition) is 1. The topological polar surface area (TPSA) is 29.3 Å². The Hall–Kier alpha value is -1.09. The molecule has 1 heterocycles. The second kappa shape index (κ2) is 6.57. The van der Waals surface area contributed by atoms with Crippen molar-refractivity contribution >= 4 is 5.69 Å². The number of rotatable bonds is 3. The molecule has 0 bridgehead atoms. The number of halogens is 1. The summed E-state index contributed by atoms with van der Waals surface area (Å²) in [5.74, 6) is 0.683. The van der Waals surface area contributed by atoms with Gasteiger partial charge in [0, 0.05) is 24.8 Å². The van der Waals surface area contributed by atoms with Crippen molar-refractivity contribution in [3.63, 3.8) is 0 Å². The second-order valence-electron chi connectivity index (χ2n) is 6.14. The van der Waals surface area contributed by atoms with Crippen molar-refractivity contribution in [2.24, 2.45) is 11.7 Å². The molecule has 0 saturated carbocycles. The molecule has 1 fully saturated rings. The van der Waals surface area contributed by atoms with Crippen molar-refractivity contribution in [2.45, 2.75) is 52.5 Å². The van der Waals surface area contributed by atoms with Crippen LogP contribution in [0.1, 0.15) is 56.7 Å². The van der Waals surface area contributed by atoms with E-state index in [9.17, 15) is 4.39 Å². The lowest BCUT2D eigenvalue weighted by Crippen LogP contribution is -2.27. The molecule has 112 valence electrons. The zero-order valence-electron chi connectivity index (χ0n) is 13.0. The van der Waals surface area contributed by atoms with Gasteiger partial charge in [-0.3, -0.25) is 0 Å². The second-order valence-corrected chi connectivity index (χ2v) is 6.14. The first kappa shape index (κ1) is 15.3. The molecule has 2 atom stereocenters. The van der Waals surface area contributed by atoms with E-state index in [1.165, 1.54) is 25.7 Å². The SMILES string of the molecule is CCC1CCCN(c2cc(C)c(F)cc2[C@H](C)N)CC1. The Morgan fingerprint density at radius 1 is 1.35 bits per heavy atom. The Morgan fingerprint density at radius 3 is 2.75 bits per heavy atom. The Morgan fingerprint density at radius 2 is 2.10 bits per heavy atom. The van der Waals surface area contributed by atoms with E-state index < -0.39 is 0 Å². The van der Waals surface area contributed by atoms with Gasteiger partial charge >= 0.3 is 0 Å². The van der Waals surface area contributed by atoms with E-state index in [2.05, 4.69) is 11.8 Å². The minimum Gasteiger partial charge on any atom is -0.371 e. The summed E-state index contributed by atoms with van der Waals surface area (Å²) in [4.78, 5) is 2.40. The third-order valence-corrected chi connectivity index (χ3v) is 4.56. The van der Waals surface area contributed by atoms with E-state index in [0.717, 1.165) is 30.3 Å². The maximum Gasteiger partial charge on any atom is 0.126 e. The third-order valence-electron chi connectivity index (χ3n) is 4.56. The molecular weight excluding hydrogens is 251 g/mol. The molecule has 1 aromatic rings. The molecule has 0 spiro atoms. The van der Waals surface area contributed by atoms with Crippen LogP contribution in [-0.2, 0) is 0 Å². The highest BCUT2D eigenvalue weighted by Gasteiger charge is 2.20. The summed E-state index contributed by atoms with van der Waals surface area (Å²) in [6, 6.07) is 3.46. The monoisotopic (exact) mass is 278 g/mol. The van der Waals surface area contributed by atoms with Gasteiger partial charge in [0.1, 0.15) is 5.82 Å². The molecule has 0 aromatic heterocycles. The van der Waals surface area contributed by atoms with Gasteiger partial charge in [-0.25, -0.2) is 4.39 Å². The Bertz CT molecular complexity index is 457. The van der Waals surface area contributed by atoms with E-state index in [1.54, 1.807) is 6.07 Å². The lowest BCUT2D eigenvalue weighted by atomic mass is 9.98. The Labute approximate surface area is 122 Å². The van der Waals surface area contributed by atoms with Crippen molar-refractivity contribution in [3.05, 3.63) is 29.1 Å². The van der Waals surface area contributed by atoms with Crippen molar-refractivity contribution in [1.82, 2.24) is 0 Å². The molecule has 1 aliphatic heterocycles. The summed E-state index contributed by atoms with van der Waals surface area (Å²) in [6.07, 6.45) is 5.01. The molecule has 0 radical (unpaired) electrons. The fraction of sp³-hybridized carbons (Fsp3) is 0.647. The molecule has 2 N–H and O–H groups in total. The van der Waals surface area contributed by atoms with E-state index in [1.807, 2.05) is 19.9 Å². The summed E-state index contributed by atoms with van der Waals surface area (Å²) in [5.41, 5.74) is 8.82. The summed E-state index contributed by atoms with van der Waals surface area (Å²) in [7, 11) is 0. The van der Waals surface area contributed by atoms with Gasteiger partial charge in [-0.1, -0.05) is 13.3 Å². The van der Waals surface area contributed by atoms with Crippen LogP contribution in [0.5, 0.6) is 0 Å². The molecule has 2 rings (SSSR count). The molecule has 2 nitrogen and oxygen atoms in total. The number of aryl methyl sites for hydroxylation is 1. The van der Waals surface area contributed by atoms with E-state index >= 15 is 0 Å². The molecule has 0 aliphatic carbocycles. The number of benzene rings is 1. The largest absolute Gasteiger partial charge is 0.371 e. The van der Waals surface area contributed by atoms with Crippen LogP contribution in [0.25, 0.3) is 0 Å². The lowest BCUT2D eigenvalue weighted by molar-refractivity contribution is 0.459. The highest BCUT2D eigenvalue weighted by atomic mass is 19.1. The van der Waals surface area contributed by atoms with Gasteiger partial charge in [-0.2, -0.15) is 0 Å².